The molecule has 62 heavy (non-hydrogen) atoms. The fourth-order valence-corrected chi connectivity index (χ4v) is 8.98. The average molecular weight is 1010 g/mol. The first-order valence-electron chi connectivity index (χ1n) is 18.4. The van der Waals surface area contributed by atoms with E-state index in [1.807, 2.05) is 0 Å². The van der Waals surface area contributed by atoms with Crippen molar-refractivity contribution in [3.63, 3.8) is 0 Å². The van der Waals surface area contributed by atoms with Crippen molar-refractivity contribution in [2.45, 2.75) is 115 Å². The Labute approximate surface area is 354 Å². The summed E-state index contributed by atoms with van der Waals surface area (Å²) in [6.07, 6.45) is 0. The highest BCUT2D eigenvalue weighted by Gasteiger charge is 2.50. The molecule has 366 valence electrons. The normalized spacial score (nSPS) is 16.5. The molecule has 1 aromatic carbocycles. The molecule has 0 heterocycles. The molecule has 4 atom stereocenters. The summed E-state index contributed by atoms with van der Waals surface area (Å²) in [5.41, 5.74) is -22.8. The van der Waals surface area contributed by atoms with Gasteiger partial charge in [0.1, 0.15) is 0 Å². The number of nitrogens with zero attached hydrogens (tertiary/aromatic N) is 2. The summed E-state index contributed by atoms with van der Waals surface area (Å²) < 4.78 is 264. The lowest BCUT2D eigenvalue weighted by Crippen LogP contribution is -2.54. The van der Waals surface area contributed by atoms with Crippen LogP contribution in [0.25, 0.3) is 0 Å². The number of nitrogens with one attached hydrogen (secondary N) is 4. The van der Waals surface area contributed by atoms with Gasteiger partial charge in [0.05, 0.1) is 0 Å². The van der Waals surface area contributed by atoms with Crippen LogP contribution in [0.3, 0.4) is 0 Å². The van der Waals surface area contributed by atoms with Gasteiger partial charge in [-0.2, -0.15) is 52.7 Å². The third-order valence-corrected chi connectivity index (χ3v) is 14.2. The standard InChI is InChI=1S/C32H52F12N6O8S4/c1-19(2)25(45-59(51,52)29(33,34)35)15-49(16-26(20(3)4)46-60(53,54)30(36,37)38)13-23-10-9-11-24(12-23)14-50(17-27(21(5)6)47-61(55,56)31(39,40)41)18-28(22(7)8)48-62(57,58)32(42,43)44/h9-12,19-22,25-28,45-48H,13-18H2,1-8H3/t25-,26-,27-,28+/m1/s1. The number of hydrogen-bond donors (Lipinski definition) is 4. The fourth-order valence-electron chi connectivity index (χ4n) is 5.46. The smallest absolute Gasteiger partial charge is 0.296 e. The number of rotatable bonds is 24. The van der Waals surface area contributed by atoms with Gasteiger partial charge in [-0.25, -0.2) is 52.6 Å². The number of benzene rings is 1. The molecule has 0 aliphatic rings. The van der Waals surface area contributed by atoms with Crippen LogP contribution in [0.1, 0.15) is 66.5 Å². The Kier molecular flexibility index (Phi) is 20.1. The van der Waals surface area contributed by atoms with Gasteiger partial charge in [-0.3, -0.25) is 9.80 Å². The highest BCUT2D eigenvalue weighted by Crippen LogP contribution is 2.28. The van der Waals surface area contributed by atoms with E-state index >= 15 is 0 Å². The Morgan fingerprint density at radius 2 is 0.613 bits per heavy atom. The first kappa shape index (κ1) is 58.0. The summed E-state index contributed by atoms with van der Waals surface area (Å²) in [6, 6.07) is -0.927. The third kappa shape index (κ3) is 17.4. The first-order valence-corrected chi connectivity index (χ1v) is 24.3. The quantitative estimate of drug-likeness (QED) is 0.101. The summed E-state index contributed by atoms with van der Waals surface area (Å²) >= 11 is 0. The van der Waals surface area contributed by atoms with Crippen molar-refractivity contribution in [3.05, 3.63) is 35.4 Å². The van der Waals surface area contributed by atoms with E-state index in [9.17, 15) is 86.4 Å². The van der Waals surface area contributed by atoms with Crippen molar-refractivity contribution in [1.29, 1.82) is 0 Å². The van der Waals surface area contributed by atoms with Crippen LogP contribution in [0.2, 0.25) is 0 Å². The van der Waals surface area contributed by atoms with Crippen LogP contribution < -0.4 is 18.9 Å². The monoisotopic (exact) mass is 1000 g/mol. The lowest BCUT2D eigenvalue weighted by molar-refractivity contribution is -0.0461. The van der Waals surface area contributed by atoms with Crippen molar-refractivity contribution in [2.75, 3.05) is 26.2 Å². The molecule has 4 N–H and O–H groups in total. The maximum atomic E-state index is 13.4. The summed E-state index contributed by atoms with van der Waals surface area (Å²) in [7, 11) is -24.0. The molecule has 1 aromatic rings. The van der Waals surface area contributed by atoms with Gasteiger partial charge < -0.3 is 0 Å². The van der Waals surface area contributed by atoms with Gasteiger partial charge in [-0.05, 0) is 34.8 Å². The first-order chi connectivity index (χ1) is 27.5. The van der Waals surface area contributed by atoms with Crippen molar-refractivity contribution >= 4 is 40.1 Å². The largest absolute Gasteiger partial charge is 0.511 e. The number of halogens is 12. The number of sulfonamides is 4. The van der Waals surface area contributed by atoms with Crippen LogP contribution in [0.4, 0.5) is 52.7 Å². The predicted molar refractivity (Wildman–Crippen MR) is 204 cm³/mol. The summed E-state index contributed by atoms with van der Waals surface area (Å²) in [6.45, 7) is 7.04. The van der Waals surface area contributed by atoms with Crippen LogP contribution in [-0.2, 0) is 53.2 Å². The van der Waals surface area contributed by atoms with Crippen molar-refractivity contribution in [3.8, 4) is 0 Å². The molecular formula is C32H52F12N6O8S4. The van der Waals surface area contributed by atoms with Crippen LogP contribution in [0.15, 0.2) is 24.3 Å². The van der Waals surface area contributed by atoms with Gasteiger partial charge in [0, 0.05) is 63.4 Å². The van der Waals surface area contributed by atoms with Gasteiger partial charge in [0.25, 0.3) is 0 Å². The number of hydrogen-bond acceptors (Lipinski definition) is 10. The van der Waals surface area contributed by atoms with E-state index in [1.54, 1.807) is 0 Å². The second kappa shape index (κ2) is 21.5. The Balaban J connectivity index is 3.88. The number of alkyl halides is 12. The van der Waals surface area contributed by atoms with Crippen LogP contribution >= 0.6 is 0 Å². The second-order valence-corrected chi connectivity index (χ2v) is 22.7. The Bertz CT molecular complexity index is 1790. The maximum absolute atomic E-state index is 13.4. The fraction of sp³-hybridized carbons (Fsp3) is 0.812. The summed E-state index contributed by atoms with van der Waals surface area (Å²) in [5.74, 6) is -3.64. The SMILES string of the molecule is CC(C)[C@H](CN(Cc1cccc(CN(C[C@@H](NS(=O)(=O)C(F)(F)F)C(C)C)C[C@@H](NS(=O)(=O)C(F)(F)F)C(C)C)c1)C[C@@H](NS(=O)(=O)C(F)(F)F)C(C)C)NS(=O)(=O)C(F)(F)F. The van der Waals surface area contributed by atoms with Crippen LogP contribution in [0.5, 0.6) is 0 Å². The van der Waals surface area contributed by atoms with E-state index in [0.717, 1.165) is 9.80 Å². The molecule has 0 saturated carbocycles. The Morgan fingerprint density at radius 1 is 0.419 bits per heavy atom. The van der Waals surface area contributed by atoms with E-state index in [4.69, 9.17) is 0 Å². The van der Waals surface area contributed by atoms with Gasteiger partial charge in [0.15, 0.2) is 0 Å². The van der Waals surface area contributed by atoms with Crippen LogP contribution in [-0.4, -0.2) is 116 Å². The van der Waals surface area contributed by atoms with E-state index < -0.39 is 149 Å². The third-order valence-electron chi connectivity index (χ3n) is 9.29. The molecule has 0 unspecified atom stereocenters. The molecule has 0 amide bonds. The minimum Gasteiger partial charge on any atom is -0.296 e. The van der Waals surface area contributed by atoms with Gasteiger partial charge in [-0.15, -0.1) is 0 Å². The van der Waals surface area contributed by atoms with E-state index in [1.165, 1.54) is 98.5 Å². The summed E-state index contributed by atoms with van der Waals surface area (Å²) in [4.78, 5) is 2.32. The van der Waals surface area contributed by atoms with E-state index in [-0.39, 0.29) is 11.1 Å². The molecule has 0 aliphatic heterocycles. The highest BCUT2D eigenvalue weighted by atomic mass is 32.2. The van der Waals surface area contributed by atoms with Crippen molar-refractivity contribution in [2.24, 2.45) is 23.7 Å². The lowest BCUT2D eigenvalue weighted by Gasteiger charge is -2.35. The molecule has 30 heteroatoms. The Morgan fingerprint density at radius 3 is 0.774 bits per heavy atom. The zero-order chi connectivity index (χ0) is 48.8. The molecule has 0 fully saturated rings. The molecule has 14 nitrogen and oxygen atoms in total. The van der Waals surface area contributed by atoms with Gasteiger partial charge in [0.2, 0.25) is 0 Å². The predicted octanol–water partition coefficient (Wildman–Crippen LogP) is 5.15. The minimum absolute atomic E-state index is 0.168. The maximum Gasteiger partial charge on any atom is 0.511 e. The topological polar surface area (TPSA) is 191 Å². The van der Waals surface area contributed by atoms with Crippen molar-refractivity contribution < 1.29 is 86.4 Å². The lowest BCUT2D eigenvalue weighted by atomic mass is 10.0. The molecule has 0 radical (unpaired) electrons. The molecule has 0 saturated heterocycles. The average Bonchev–Trinajstić information content (AvgIpc) is 3.04. The zero-order valence-corrected chi connectivity index (χ0v) is 37.8. The zero-order valence-electron chi connectivity index (χ0n) is 34.5. The Hall–Kier alpha value is -2.06. The molecule has 0 aromatic heterocycles. The molecule has 0 aliphatic carbocycles. The molecular weight excluding hydrogens is 953 g/mol. The van der Waals surface area contributed by atoms with Crippen LogP contribution in [0, 0.1) is 23.7 Å². The second-order valence-electron chi connectivity index (χ2n) is 15.9. The van der Waals surface area contributed by atoms with Crippen molar-refractivity contribution in [1.82, 2.24) is 28.7 Å². The van der Waals surface area contributed by atoms with E-state index in [0.29, 0.717) is 0 Å². The van der Waals surface area contributed by atoms with Gasteiger partial charge in [-0.1, -0.05) is 79.7 Å². The molecule has 0 spiro atoms. The molecule has 1 rings (SSSR count). The minimum atomic E-state index is -6.00. The molecule has 0 bridgehead atoms. The van der Waals surface area contributed by atoms with Gasteiger partial charge >= 0.3 is 62.1 Å². The highest BCUT2D eigenvalue weighted by molar-refractivity contribution is 7.91. The van der Waals surface area contributed by atoms with E-state index in [2.05, 4.69) is 0 Å². The summed E-state index contributed by atoms with van der Waals surface area (Å²) in [5, 5.41) is 0.